The number of rotatable bonds is 3. The molecule has 0 bridgehead atoms. The van der Waals surface area contributed by atoms with Gasteiger partial charge in [0.25, 0.3) is 0 Å². The van der Waals surface area contributed by atoms with Crippen molar-refractivity contribution in [2.24, 2.45) is 0 Å². The van der Waals surface area contributed by atoms with Crippen molar-refractivity contribution in [3.8, 4) is 0 Å². The number of hydrogen-bond acceptors (Lipinski definition) is 1. The van der Waals surface area contributed by atoms with E-state index in [0.29, 0.717) is 12.5 Å². The van der Waals surface area contributed by atoms with E-state index in [1.54, 1.807) is 0 Å². The van der Waals surface area contributed by atoms with Gasteiger partial charge in [-0.15, -0.1) is 0 Å². The zero-order valence-corrected chi connectivity index (χ0v) is 10.4. The van der Waals surface area contributed by atoms with Crippen LogP contribution in [-0.4, -0.2) is 16.9 Å². The van der Waals surface area contributed by atoms with Gasteiger partial charge in [0.15, 0.2) is 0 Å². The predicted octanol–water partition coefficient (Wildman–Crippen LogP) is 2.77. The number of H-pyrrole nitrogens is 1. The lowest BCUT2D eigenvalue weighted by Crippen LogP contribution is -2.33. The normalized spacial score (nSPS) is 16.2. The van der Waals surface area contributed by atoms with Crippen LogP contribution in [0.15, 0.2) is 30.5 Å². The van der Waals surface area contributed by atoms with Gasteiger partial charge in [-0.3, -0.25) is 4.79 Å². The number of nitrogens with one attached hydrogen (secondary N) is 2. The van der Waals surface area contributed by atoms with Crippen molar-refractivity contribution in [1.29, 1.82) is 0 Å². The van der Waals surface area contributed by atoms with Gasteiger partial charge in [-0.1, -0.05) is 18.9 Å². The van der Waals surface area contributed by atoms with Gasteiger partial charge in [-0.05, 0) is 42.0 Å². The molecular formula is C15H18N2O. The van der Waals surface area contributed by atoms with Gasteiger partial charge >= 0.3 is 0 Å². The van der Waals surface area contributed by atoms with Crippen molar-refractivity contribution in [1.82, 2.24) is 10.3 Å². The Kier molecular flexibility index (Phi) is 3.05. The summed E-state index contributed by atoms with van der Waals surface area (Å²) in [6, 6.07) is 8.59. The number of aromatic nitrogens is 1. The van der Waals surface area contributed by atoms with Crippen molar-refractivity contribution in [2.75, 3.05) is 0 Å². The fraction of sp³-hybridized carbons (Fsp3) is 0.400. The second-order valence-electron chi connectivity index (χ2n) is 5.12. The van der Waals surface area contributed by atoms with Crippen LogP contribution in [-0.2, 0) is 11.2 Å². The smallest absolute Gasteiger partial charge is 0.224 e. The van der Waals surface area contributed by atoms with E-state index in [1.165, 1.54) is 18.2 Å². The minimum Gasteiger partial charge on any atom is -0.361 e. The summed E-state index contributed by atoms with van der Waals surface area (Å²) >= 11 is 0. The maximum Gasteiger partial charge on any atom is 0.224 e. The Labute approximate surface area is 107 Å². The van der Waals surface area contributed by atoms with Gasteiger partial charge in [0, 0.05) is 17.8 Å². The summed E-state index contributed by atoms with van der Waals surface area (Å²) < 4.78 is 0. The fourth-order valence-electron chi connectivity index (χ4n) is 2.75. The highest BCUT2D eigenvalue weighted by Gasteiger charge is 2.17. The third-order valence-electron chi connectivity index (χ3n) is 3.70. The van der Waals surface area contributed by atoms with E-state index in [0.717, 1.165) is 23.9 Å². The fourth-order valence-corrected chi connectivity index (χ4v) is 2.75. The molecule has 0 aliphatic heterocycles. The summed E-state index contributed by atoms with van der Waals surface area (Å²) in [4.78, 5) is 15.1. The average Bonchev–Trinajstić information content (AvgIpc) is 2.98. The lowest BCUT2D eigenvalue weighted by molar-refractivity contribution is -0.121. The first-order chi connectivity index (χ1) is 8.81. The Bertz CT molecular complexity index is 552. The summed E-state index contributed by atoms with van der Waals surface area (Å²) in [5.74, 6) is 0.150. The summed E-state index contributed by atoms with van der Waals surface area (Å²) in [5, 5.41) is 4.29. The van der Waals surface area contributed by atoms with Gasteiger partial charge in [0.05, 0.1) is 6.42 Å². The molecule has 94 valence electrons. The quantitative estimate of drug-likeness (QED) is 0.854. The Morgan fingerprint density at radius 1 is 1.28 bits per heavy atom. The number of carbonyl (C=O) groups excluding carboxylic acids is 1. The average molecular weight is 242 g/mol. The van der Waals surface area contributed by atoms with Gasteiger partial charge in [0.1, 0.15) is 0 Å². The molecule has 0 unspecified atom stereocenters. The Morgan fingerprint density at radius 3 is 2.94 bits per heavy atom. The zero-order valence-electron chi connectivity index (χ0n) is 10.4. The van der Waals surface area contributed by atoms with E-state index >= 15 is 0 Å². The summed E-state index contributed by atoms with van der Waals surface area (Å²) in [6.45, 7) is 0. The van der Waals surface area contributed by atoms with E-state index in [1.807, 2.05) is 24.4 Å². The molecule has 3 rings (SSSR count). The van der Waals surface area contributed by atoms with Crippen LogP contribution in [0.2, 0.25) is 0 Å². The lowest BCUT2D eigenvalue weighted by Gasteiger charge is -2.11. The highest BCUT2D eigenvalue weighted by atomic mass is 16.1. The van der Waals surface area contributed by atoms with E-state index in [2.05, 4.69) is 16.4 Å². The highest BCUT2D eigenvalue weighted by Crippen LogP contribution is 2.18. The first kappa shape index (κ1) is 11.3. The molecule has 0 saturated heterocycles. The topological polar surface area (TPSA) is 44.9 Å². The maximum absolute atomic E-state index is 11.9. The number of hydrogen-bond donors (Lipinski definition) is 2. The Morgan fingerprint density at radius 2 is 2.11 bits per heavy atom. The molecule has 1 aromatic heterocycles. The van der Waals surface area contributed by atoms with Crippen molar-refractivity contribution >= 4 is 16.8 Å². The van der Waals surface area contributed by atoms with E-state index in [-0.39, 0.29) is 5.91 Å². The van der Waals surface area contributed by atoms with E-state index in [4.69, 9.17) is 0 Å². The second kappa shape index (κ2) is 4.84. The Hall–Kier alpha value is -1.77. The molecule has 1 aliphatic carbocycles. The lowest BCUT2D eigenvalue weighted by atomic mass is 10.1. The first-order valence-electron chi connectivity index (χ1n) is 6.67. The molecule has 1 aliphatic rings. The molecule has 0 spiro atoms. The second-order valence-corrected chi connectivity index (χ2v) is 5.12. The van der Waals surface area contributed by atoms with Crippen LogP contribution in [0, 0.1) is 0 Å². The molecule has 2 N–H and O–H groups in total. The van der Waals surface area contributed by atoms with Crippen molar-refractivity contribution in [2.45, 2.75) is 38.1 Å². The first-order valence-corrected chi connectivity index (χ1v) is 6.67. The number of carbonyl (C=O) groups is 1. The van der Waals surface area contributed by atoms with Crippen molar-refractivity contribution in [3.05, 3.63) is 36.0 Å². The number of aromatic amines is 1. The molecule has 0 atom stereocenters. The van der Waals surface area contributed by atoms with Crippen LogP contribution in [0.25, 0.3) is 10.9 Å². The van der Waals surface area contributed by atoms with Gasteiger partial charge in [0.2, 0.25) is 5.91 Å². The highest BCUT2D eigenvalue weighted by molar-refractivity contribution is 5.83. The van der Waals surface area contributed by atoms with Crippen LogP contribution in [0.4, 0.5) is 0 Å². The molecule has 1 aromatic carbocycles. The van der Waals surface area contributed by atoms with Crippen LogP contribution in [0.3, 0.4) is 0 Å². The molecule has 1 fully saturated rings. The number of fused-ring (bicyclic) bond motifs is 1. The number of benzene rings is 1. The van der Waals surface area contributed by atoms with E-state index < -0.39 is 0 Å². The Balaban J connectivity index is 1.65. The molecule has 1 saturated carbocycles. The summed E-state index contributed by atoms with van der Waals surface area (Å²) in [5.41, 5.74) is 2.20. The predicted molar refractivity (Wildman–Crippen MR) is 72.4 cm³/mol. The summed E-state index contributed by atoms with van der Waals surface area (Å²) in [6.07, 6.45) is 7.19. The molecule has 2 aromatic rings. The zero-order chi connectivity index (χ0) is 12.4. The standard InChI is InChI=1S/C15H18N2O/c18-15(17-13-3-1-2-4-13)10-11-5-6-14-12(9-11)7-8-16-14/h5-9,13,16H,1-4,10H2,(H,17,18). The van der Waals surface area contributed by atoms with Gasteiger partial charge in [-0.2, -0.15) is 0 Å². The largest absolute Gasteiger partial charge is 0.361 e. The third-order valence-corrected chi connectivity index (χ3v) is 3.70. The maximum atomic E-state index is 11.9. The SMILES string of the molecule is O=C(Cc1ccc2[nH]ccc2c1)NC1CCCC1. The third kappa shape index (κ3) is 2.40. The van der Waals surface area contributed by atoms with Crippen LogP contribution in [0.1, 0.15) is 31.2 Å². The van der Waals surface area contributed by atoms with Crippen LogP contribution in [0.5, 0.6) is 0 Å². The van der Waals surface area contributed by atoms with Crippen LogP contribution >= 0.6 is 0 Å². The monoisotopic (exact) mass is 242 g/mol. The molecule has 0 radical (unpaired) electrons. The molecule has 1 amide bonds. The van der Waals surface area contributed by atoms with Crippen molar-refractivity contribution < 1.29 is 4.79 Å². The molecule has 3 heteroatoms. The molecular weight excluding hydrogens is 224 g/mol. The molecule has 3 nitrogen and oxygen atoms in total. The van der Waals surface area contributed by atoms with Crippen molar-refractivity contribution in [3.63, 3.8) is 0 Å². The van der Waals surface area contributed by atoms with Crippen LogP contribution < -0.4 is 5.32 Å². The van der Waals surface area contributed by atoms with E-state index in [9.17, 15) is 4.79 Å². The van der Waals surface area contributed by atoms with Gasteiger partial charge in [-0.25, -0.2) is 0 Å². The molecule has 1 heterocycles. The number of amides is 1. The summed E-state index contributed by atoms with van der Waals surface area (Å²) in [7, 11) is 0. The molecule has 18 heavy (non-hydrogen) atoms. The minimum absolute atomic E-state index is 0.150. The minimum atomic E-state index is 0.150. The van der Waals surface area contributed by atoms with Gasteiger partial charge < -0.3 is 10.3 Å².